The Morgan fingerprint density at radius 2 is 1.63 bits per heavy atom. The van der Waals surface area contributed by atoms with Crippen LogP contribution in [-0.4, -0.2) is 30.9 Å². The Balaban J connectivity index is 1.55. The van der Waals surface area contributed by atoms with Crippen LogP contribution in [0.2, 0.25) is 0 Å². The number of rotatable bonds is 5. The van der Waals surface area contributed by atoms with E-state index in [2.05, 4.69) is 5.32 Å². The maximum atomic E-state index is 13.6. The van der Waals surface area contributed by atoms with Crippen molar-refractivity contribution in [1.82, 2.24) is 0 Å². The van der Waals surface area contributed by atoms with E-state index in [0.717, 1.165) is 34.4 Å². The lowest BCUT2D eigenvalue weighted by atomic mass is 9.98. The van der Waals surface area contributed by atoms with Crippen molar-refractivity contribution in [3.63, 3.8) is 0 Å². The largest absolute Gasteiger partial charge is 0.494 e. The van der Waals surface area contributed by atoms with Crippen LogP contribution >= 0.6 is 0 Å². The quantitative estimate of drug-likeness (QED) is 0.629. The highest BCUT2D eigenvalue weighted by Crippen LogP contribution is 2.44. The second-order valence-corrected chi connectivity index (χ2v) is 6.79. The van der Waals surface area contributed by atoms with E-state index in [9.17, 15) is 19.1 Å². The third-order valence-electron chi connectivity index (χ3n) is 5.09. The molecule has 0 radical (unpaired) electrons. The van der Waals surface area contributed by atoms with Gasteiger partial charge in [-0.2, -0.15) is 0 Å². The Kier molecular flexibility index (Phi) is 5.10. The number of hydrogen-bond donors (Lipinski definition) is 2. The van der Waals surface area contributed by atoms with Gasteiger partial charge >= 0.3 is 12.1 Å². The van der Waals surface area contributed by atoms with Crippen LogP contribution in [0.25, 0.3) is 11.1 Å². The highest BCUT2D eigenvalue weighted by molar-refractivity contribution is 6.00. The van der Waals surface area contributed by atoms with Crippen molar-refractivity contribution in [2.45, 2.75) is 5.92 Å². The fourth-order valence-corrected chi connectivity index (χ4v) is 3.78. The number of ether oxygens (including phenoxy) is 2. The molecule has 0 spiro atoms. The molecule has 0 fully saturated rings. The predicted molar refractivity (Wildman–Crippen MR) is 109 cm³/mol. The summed E-state index contributed by atoms with van der Waals surface area (Å²) in [5.74, 6) is -2.44. The van der Waals surface area contributed by atoms with Crippen molar-refractivity contribution < 1.29 is 28.6 Å². The summed E-state index contributed by atoms with van der Waals surface area (Å²) in [5.41, 5.74) is 3.70. The zero-order valence-corrected chi connectivity index (χ0v) is 16.0. The Bertz CT molecular complexity index is 1100. The molecule has 30 heavy (non-hydrogen) atoms. The molecule has 1 amide bonds. The number of fused-ring (bicyclic) bond motifs is 3. The van der Waals surface area contributed by atoms with Crippen LogP contribution in [0, 0.1) is 5.82 Å². The minimum atomic E-state index is -1.40. The molecule has 0 aliphatic heterocycles. The lowest BCUT2D eigenvalue weighted by Crippen LogP contribution is -2.20. The number of anilines is 1. The van der Waals surface area contributed by atoms with Crippen LogP contribution < -0.4 is 10.1 Å². The average molecular weight is 407 g/mol. The van der Waals surface area contributed by atoms with Crippen molar-refractivity contribution in [2.24, 2.45) is 0 Å². The number of methoxy groups -OCH3 is 1. The third kappa shape index (κ3) is 3.45. The number of carboxylic acids is 1. The predicted octanol–water partition coefficient (Wildman–Crippen LogP) is 4.89. The number of carbonyl (C=O) groups excluding carboxylic acids is 1. The maximum Gasteiger partial charge on any atom is 0.411 e. The van der Waals surface area contributed by atoms with E-state index in [-0.39, 0.29) is 24.0 Å². The molecule has 0 atom stereocenters. The van der Waals surface area contributed by atoms with E-state index in [1.807, 2.05) is 48.5 Å². The SMILES string of the molecule is COc1cc(F)cc(C(=O)O)c1NC(=O)OCC1c2ccccc2-c2ccccc21. The van der Waals surface area contributed by atoms with Crippen molar-refractivity contribution in [2.75, 3.05) is 19.0 Å². The number of aromatic carboxylic acids is 1. The molecule has 0 bridgehead atoms. The summed E-state index contributed by atoms with van der Waals surface area (Å²) in [6, 6.07) is 17.6. The van der Waals surface area contributed by atoms with E-state index < -0.39 is 23.4 Å². The van der Waals surface area contributed by atoms with Gasteiger partial charge in [-0.15, -0.1) is 0 Å². The molecule has 2 N–H and O–H groups in total. The molecule has 4 rings (SSSR count). The molecular formula is C23H18FNO5. The molecule has 152 valence electrons. The average Bonchev–Trinajstić information content (AvgIpc) is 3.07. The van der Waals surface area contributed by atoms with Crippen molar-refractivity contribution in [1.29, 1.82) is 0 Å². The highest BCUT2D eigenvalue weighted by atomic mass is 19.1. The fourth-order valence-electron chi connectivity index (χ4n) is 3.78. The van der Waals surface area contributed by atoms with Gasteiger partial charge in [0.2, 0.25) is 0 Å². The summed E-state index contributed by atoms with van der Waals surface area (Å²) in [6.07, 6.45) is -0.857. The van der Waals surface area contributed by atoms with Crippen LogP contribution in [0.15, 0.2) is 60.7 Å². The first-order valence-electron chi connectivity index (χ1n) is 9.22. The molecule has 3 aromatic carbocycles. The van der Waals surface area contributed by atoms with Gasteiger partial charge in [0.05, 0.1) is 12.7 Å². The molecule has 1 aliphatic rings. The van der Waals surface area contributed by atoms with E-state index in [0.29, 0.717) is 0 Å². The van der Waals surface area contributed by atoms with Gasteiger partial charge < -0.3 is 14.6 Å². The fraction of sp³-hybridized carbons (Fsp3) is 0.130. The van der Waals surface area contributed by atoms with Gasteiger partial charge in [0.15, 0.2) is 0 Å². The minimum absolute atomic E-state index is 0.0613. The van der Waals surface area contributed by atoms with Gasteiger partial charge in [0.1, 0.15) is 23.9 Å². The number of amides is 1. The van der Waals surface area contributed by atoms with Crippen LogP contribution in [0.3, 0.4) is 0 Å². The summed E-state index contributed by atoms with van der Waals surface area (Å²) >= 11 is 0. The number of nitrogens with one attached hydrogen (secondary N) is 1. The Morgan fingerprint density at radius 3 is 2.20 bits per heavy atom. The lowest BCUT2D eigenvalue weighted by Gasteiger charge is -2.16. The van der Waals surface area contributed by atoms with Crippen molar-refractivity contribution in [3.8, 4) is 16.9 Å². The molecule has 0 aromatic heterocycles. The van der Waals surface area contributed by atoms with E-state index in [4.69, 9.17) is 9.47 Å². The Morgan fingerprint density at radius 1 is 1.03 bits per heavy atom. The van der Waals surface area contributed by atoms with Gasteiger partial charge in [-0.25, -0.2) is 14.0 Å². The van der Waals surface area contributed by atoms with Crippen molar-refractivity contribution in [3.05, 3.63) is 83.2 Å². The first kappa shape index (κ1) is 19.4. The van der Waals surface area contributed by atoms with E-state index in [1.165, 1.54) is 7.11 Å². The van der Waals surface area contributed by atoms with Crippen LogP contribution in [-0.2, 0) is 4.74 Å². The van der Waals surface area contributed by atoms with Gasteiger partial charge in [-0.05, 0) is 28.3 Å². The van der Waals surface area contributed by atoms with Gasteiger partial charge in [0, 0.05) is 12.0 Å². The second-order valence-electron chi connectivity index (χ2n) is 6.79. The maximum absolute atomic E-state index is 13.6. The zero-order valence-electron chi connectivity index (χ0n) is 16.0. The number of halogens is 1. The summed E-state index contributed by atoms with van der Waals surface area (Å²) in [6.45, 7) is 0.0613. The molecule has 7 heteroatoms. The molecular weight excluding hydrogens is 389 g/mol. The Labute approximate surface area is 171 Å². The monoisotopic (exact) mass is 407 g/mol. The first-order chi connectivity index (χ1) is 14.5. The lowest BCUT2D eigenvalue weighted by molar-refractivity contribution is 0.0697. The summed E-state index contributed by atoms with van der Waals surface area (Å²) < 4.78 is 24.1. The van der Waals surface area contributed by atoms with Gasteiger partial charge in [-0.1, -0.05) is 48.5 Å². The van der Waals surface area contributed by atoms with Gasteiger partial charge in [0.25, 0.3) is 0 Å². The smallest absolute Gasteiger partial charge is 0.411 e. The number of benzene rings is 3. The first-order valence-corrected chi connectivity index (χ1v) is 9.22. The standard InChI is InChI=1S/C23H18FNO5/c1-29-20-11-13(24)10-18(22(26)27)21(20)25-23(28)30-12-19-16-8-4-2-6-14(16)15-7-3-5-9-17(15)19/h2-11,19H,12H2,1H3,(H,25,28)(H,26,27). The summed E-state index contributed by atoms with van der Waals surface area (Å²) in [4.78, 5) is 23.9. The number of carbonyl (C=O) groups is 2. The Hall–Kier alpha value is -3.87. The van der Waals surface area contributed by atoms with Crippen LogP contribution in [0.4, 0.5) is 14.9 Å². The topological polar surface area (TPSA) is 84.9 Å². The highest BCUT2D eigenvalue weighted by Gasteiger charge is 2.29. The normalized spacial score (nSPS) is 12.1. The molecule has 0 saturated carbocycles. The third-order valence-corrected chi connectivity index (χ3v) is 5.09. The molecule has 6 nitrogen and oxygen atoms in total. The number of carboxylic acid groups (broad SMARTS) is 1. The summed E-state index contributed by atoms with van der Waals surface area (Å²) in [5, 5.41) is 11.7. The molecule has 0 heterocycles. The van der Waals surface area contributed by atoms with Crippen LogP contribution in [0.5, 0.6) is 5.75 Å². The molecule has 1 aliphatic carbocycles. The van der Waals surface area contributed by atoms with Gasteiger partial charge in [-0.3, -0.25) is 5.32 Å². The second kappa shape index (κ2) is 7.87. The van der Waals surface area contributed by atoms with E-state index >= 15 is 0 Å². The number of hydrogen-bond acceptors (Lipinski definition) is 4. The zero-order chi connectivity index (χ0) is 21.3. The molecule has 0 saturated heterocycles. The van der Waals surface area contributed by atoms with E-state index in [1.54, 1.807) is 0 Å². The van der Waals surface area contributed by atoms with Crippen molar-refractivity contribution >= 4 is 17.7 Å². The molecule has 0 unspecified atom stereocenters. The molecule has 3 aromatic rings. The van der Waals surface area contributed by atoms with Crippen LogP contribution in [0.1, 0.15) is 27.4 Å². The minimum Gasteiger partial charge on any atom is -0.494 e. The summed E-state index contributed by atoms with van der Waals surface area (Å²) in [7, 11) is 1.25.